The largest absolute Gasteiger partial charge is 0.388 e. The molecule has 0 aliphatic carbocycles. The number of nitrogens with zero attached hydrogens (tertiary/aromatic N) is 1. The van der Waals surface area contributed by atoms with E-state index in [1.807, 2.05) is 0 Å². The highest BCUT2D eigenvalue weighted by Gasteiger charge is 2.48. The van der Waals surface area contributed by atoms with Crippen LogP contribution in [-0.4, -0.2) is 37.6 Å². The smallest absolute Gasteiger partial charge is 0.109 e. The summed E-state index contributed by atoms with van der Waals surface area (Å²) in [5.74, 6) is 0. The van der Waals surface area contributed by atoms with Crippen LogP contribution in [0.15, 0.2) is 0 Å². The van der Waals surface area contributed by atoms with E-state index in [0.717, 1.165) is 6.42 Å². The van der Waals surface area contributed by atoms with Crippen molar-refractivity contribution in [3.63, 3.8) is 0 Å². The van der Waals surface area contributed by atoms with Crippen molar-refractivity contribution in [2.75, 3.05) is 26.9 Å². The van der Waals surface area contributed by atoms with Gasteiger partial charge in [0.2, 0.25) is 0 Å². The predicted molar refractivity (Wildman–Crippen MR) is 55.2 cm³/mol. The third kappa shape index (κ3) is 2.49. The molecular formula is C11H19NO3. The van der Waals surface area contributed by atoms with Gasteiger partial charge >= 0.3 is 0 Å². The maximum Gasteiger partial charge on any atom is 0.109 e. The van der Waals surface area contributed by atoms with Crippen LogP contribution in [0.2, 0.25) is 0 Å². The summed E-state index contributed by atoms with van der Waals surface area (Å²) in [4.78, 5) is 0. The average molecular weight is 213 g/mol. The van der Waals surface area contributed by atoms with E-state index in [1.54, 1.807) is 14.0 Å². The Labute approximate surface area is 90.8 Å². The van der Waals surface area contributed by atoms with Crippen molar-refractivity contribution >= 4 is 0 Å². The molecule has 0 aromatic heterocycles. The number of ether oxygens (including phenoxy) is 2. The van der Waals surface area contributed by atoms with Crippen molar-refractivity contribution in [2.45, 2.75) is 31.8 Å². The van der Waals surface area contributed by atoms with Crippen molar-refractivity contribution in [1.29, 1.82) is 5.26 Å². The summed E-state index contributed by atoms with van der Waals surface area (Å²) in [5.41, 5.74) is -1.82. The second-order valence-electron chi connectivity index (χ2n) is 4.37. The molecule has 1 N–H and O–H groups in total. The lowest BCUT2D eigenvalue weighted by molar-refractivity contribution is -0.118. The lowest BCUT2D eigenvalue weighted by Crippen LogP contribution is -2.50. The van der Waals surface area contributed by atoms with E-state index in [-0.39, 0.29) is 0 Å². The lowest BCUT2D eigenvalue weighted by atomic mass is 9.69. The maximum absolute atomic E-state index is 10.3. The SMILES string of the molecule is COCCC(C)(O)C1(C#N)CCCOC1. The summed E-state index contributed by atoms with van der Waals surface area (Å²) in [6.07, 6.45) is 1.98. The summed E-state index contributed by atoms with van der Waals surface area (Å²) >= 11 is 0. The van der Waals surface area contributed by atoms with Crippen LogP contribution in [0.25, 0.3) is 0 Å². The van der Waals surface area contributed by atoms with Gasteiger partial charge in [0.25, 0.3) is 0 Å². The Kier molecular flexibility index (Phi) is 4.09. The molecule has 4 heteroatoms. The Morgan fingerprint density at radius 3 is 2.87 bits per heavy atom. The molecule has 4 nitrogen and oxygen atoms in total. The molecule has 0 amide bonds. The molecule has 0 radical (unpaired) electrons. The first-order chi connectivity index (χ1) is 7.08. The minimum Gasteiger partial charge on any atom is -0.388 e. The molecule has 2 atom stereocenters. The topological polar surface area (TPSA) is 62.5 Å². The van der Waals surface area contributed by atoms with Crippen LogP contribution in [0.4, 0.5) is 0 Å². The minimum atomic E-state index is -1.04. The number of nitriles is 1. The monoisotopic (exact) mass is 213 g/mol. The molecule has 1 fully saturated rings. The normalized spacial score (nSPS) is 30.5. The van der Waals surface area contributed by atoms with Gasteiger partial charge in [-0.15, -0.1) is 0 Å². The van der Waals surface area contributed by atoms with Crippen molar-refractivity contribution in [1.82, 2.24) is 0 Å². The highest BCUT2D eigenvalue weighted by atomic mass is 16.5. The van der Waals surface area contributed by atoms with Crippen molar-refractivity contribution in [3.05, 3.63) is 0 Å². The minimum absolute atomic E-state index is 0.320. The van der Waals surface area contributed by atoms with Crippen LogP contribution < -0.4 is 0 Å². The van der Waals surface area contributed by atoms with Gasteiger partial charge in [-0.25, -0.2) is 0 Å². The fourth-order valence-electron chi connectivity index (χ4n) is 1.97. The number of hydrogen-bond donors (Lipinski definition) is 1. The van der Waals surface area contributed by atoms with Gasteiger partial charge in [0, 0.05) is 26.7 Å². The molecule has 0 spiro atoms. The molecule has 0 aromatic rings. The number of methoxy groups -OCH3 is 1. The summed E-state index contributed by atoms with van der Waals surface area (Å²) in [7, 11) is 1.59. The third-order valence-electron chi connectivity index (χ3n) is 3.28. The maximum atomic E-state index is 10.3. The zero-order chi connectivity index (χ0) is 11.4. The average Bonchev–Trinajstić information content (AvgIpc) is 2.27. The first-order valence-electron chi connectivity index (χ1n) is 5.28. The molecule has 1 heterocycles. The molecular weight excluding hydrogens is 194 g/mol. The van der Waals surface area contributed by atoms with Crippen LogP contribution >= 0.6 is 0 Å². The summed E-state index contributed by atoms with van der Waals surface area (Å²) in [6, 6.07) is 2.24. The third-order valence-corrected chi connectivity index (χ3v) is 3.28. The molecule has 1 aliphatic rings. The number of hydrogen-bond acceptors (Lipinski definition) is 4. The zero-order valence-electron chi connectivity index (χ0n) is 9.45. The first kappa shape index (κ1) is 12.4. The fourth-order valence-corrected chi connectivity index (χ4v) is 1.97. The van der Waals surface area contributed by atoms with Gasteiger partial charge in [0.15, 0.2) is 0 Å². The van der Waals surface area contributed by atoms with E-state index >= 15 is 0 Å². The van der Waals surface area contributed by atoms with Crippen LogP contribution in [0.5, 0.6) is 0 Å². The van der Waals surface area contributed by atoms with E-state index in [1.165, 1.54) is 0 Å². The molecule has 15 heavy (non-hydrogen) atoms. The van der Waals surface area contributed by atoms with E-state index in [0.29, 0.717) is 32.7 Å². The van der Waals surface area contributed by atoms with Gasteiger partial charge in [-0.3, -0.25) is 0 Å². The Morgan fingerprint density at radius 2 is 2.40 bits per heavy atom. The van der Waals surface area contributed by atoms with Crippen molar-refractivity contribution in [3.8, 4) is 6.07 Å². The Bertz CT molecular complexity index is 239. The molecule has 86 valence electrons. The molecule has 1 saturated heterocycles. The van der Waals surface area contributed by atoms with Crippen molar-refractivity contribution in [2.24, 2.45) is 5.41 Å². The van der Waals surface area contributed by atoms with Crippen LogP contribution in [0, 0.1) is 16.7 Å². The van der Waals surface area contributed by atoms with Gasteiger partial charge in [-0.05, 0) is 19.8 Å². The van der Waals surface area contributed by atoms with Gasteiger partial charge in [-0.2, -0.15) is 5.26 Å². The number of rotatable bonds is 4. The van der Waals surface area contributed by atoms with Gasteiger partial charge < -0.3 is 14.6 Å². The molecule has 2 unspecified atom stereocenters. The van der Waals surface area contributed by atoms with Crippen LogP contribution in [-0.2, 0) is 9.47 Å². The molecule has 1 aliphatic heterocycles. The Hall–Kier alpha value is -0.630. The van der Waals surface area contributed by atoms with Gasteiger partial charge in [-0.1, -0.05) is 0 Å². The molecule has 0 aromatic carbocycles. The second-order valence-corrected chi connectivity index (χ2v) is 4.37. The van der Waals surface area contributed by atoms with Crippen LogP contribution in [0.1, 0.15) is 26.2 Å². The second kappa shape index (κ2) is 4.93. The Balaban J connectivity index is 2.74. The molecule has 0 saturated carbocycles. The highest BCUT2D eigenvalue weighted by Crippen LogP contribution is 2.40. The van der Waals surface area contributed by atoms with E-state index in [2.05, 4.69) is 6.07 Å². The molecule has 0 bridgehead atoms. The lowest BCUT2D eigenvalue weighted by Gasteiger charge is -2.42. The first-order valence-corrected chi connectivity index (χ1v) is 5.28. The van der Waals surface area contributed by atoms with E-state index in [9.17, 15) is 10.4 Å². The van der Waals surface area contributed by atoms with Crippen LogP contribution in [0.3, 0.4) is 0 Å². The van der Waals surface area contributed by atoms with Gasteiger partial charge in [0.05, 0.1) is 18.3 Å². The Morgan fingerprint density at radius 1 is 1.67 bits per heavy atom. The fraction of sp³-hybridized carbons (Fsp3) is 0.909. The van der Waals surface area contributed by atoms with Gasteiger partial charge in [0.1, 0.15) is 5.41 Å². The standard InChI is InChI=1S/C11H19NO3/c1-10(13,5-7-14-2)11(8-12)4-3-6-15-9-11/h13H,3-7,9H2,1-2H3. The summed E-state index contributed by atoms with van der Waals surface area (Å²) < 4.78 is 10.3. The van der Waals surface area contributed by atoms with E-state index < -0.39 is 11.0 Å². The summed E-state index contributed by atoms with van der Waals surface area (Å²) in [5, 5.41) is 19.6. The van der Waals surface area contributed by atoms with Crippen molar-refractivity contribution < 1.29 is 14.6 Å². The number of aliphatic hydroxyl groups is 1. The quantitative estimate of drug-likeness (QED) is 0.759. The highest BCUT2D eigenvalue weighted by molar-refractivity contribution is 5.10. The zero-order valence-corrected chi connectivity index (χ0v) is 9.45. The molecule has 1 rings (SSSR count). The predicted octanol–water partition coefficient (Wildman–Crippen LogP) is 1.09. The van der Waals surface area contributed by atoms with E-state index in [4.69, 9.17) is 9.47 Å². The summed E-state index contributed by atoms with van der Waals surface area (Å²) in [6.45, 7) is 3.16.